The van der Waals surface area contributed by atoms with E-state index >= 15 is 0 Å². The molecule has 0 aliphatic rings. The maximum Gasteiger partial charge on any atom is 0.270 e. The van der Waals surface area contributed by atoms with E-state index in [4.69, 9.17) is 9.26 Å². The smallest absolute Gasteiger partial charge is 0.270 e. The maximum absolute atomic E-state index is 12.1. The highest BCUT2D eigenvalue weighted by Gasteiger charge is 2.13. The van der Waals surface area contributed by atoms with Crippen molar-refractivity contribution in [2.24, 2.45) is 0 Å². The van der Waals surface area contributed by atoms with Gasteiger partial charge < -0.3 is 9.26 Å². The second kappa shape index (κ2) is 7.82. The molecule has 0 bridgehead atoms. The molecule has 1 amide bonds. The molecule has 0 saturated carbocycles. The first kappa shape index (κ1) is 17.7. The van der Waals surface area contributed by atoms with Gasteiger partial charge in [0.2, 0.25) is 0 Å². The van der Waals surface area contributed by atoms with Crippen LogP contribution in [0.1, 0.15) is 30.9 Å². The summed E-state index contributed by atoms with van der Waals surface area (Å²) in [5.41, 5.74) is 2.93. The lowest BCUT2D eigenvalue weighted by molar-refractivity contribution is -0.118. The van der Waals surface area contributed by atoms with Crippen molar-refractivity contribution in [1.82, 2.24) is 10.1 Å². The van der Waals surface area contributed by atoms with Gasteiger partial charge in [0.15, 0.2) is 6.61 Å². The fourth-order valence-corrected chi connectivity index (χ4v) is 2.52. The number of anilines is 1. The molecular weight excluding hydrogens is 330 g/mol. The van der Waals surface area contributed by atoms with Gasteiger partial charge in [0, 0.05) is 5.56 Å². The van der Waals surface area contributed by atoms with Crippen LogP contribution in [0.2, 0.25) is 0 Å². The van der Waals surface area contributed by atoms with E-state index < -0.39 is 0 Å². The first-order valence-electron chi connectivity index (χ1n) is 8.45. The van der Waals surface area contributed by atoms with E-state index in [-0.39, 0.29) is 18.5 Å². The molecule has 1 aromatic heterocycles. The highest BCUT2D eigenvalue weighted by Crippen LogP contribution is 2.27. The molecule has 0 spiro atoms. The van der Waals surface area contributed by atoms with Gasteiger partial charge in [-0.25, -0.2) is 0 Å². The minimum Gasteiger partial charge on any atom is -0.483 e. The highest BCUT2D eigenvalue weighted by molar-refractivity contribution is 5.90. The Morgan fingerprint density at radius 3 is 2.69 bits per heavy atom. The Kier molecular flexibility index (Phi) is 5.31. The molecule has 0 radical (unpaired) electrons. The van der Waals surface area contributed by atoms with Gasteiger partial charge in [-0.15, -0.1) is 0 Å². The van der Waals surface area contributed by atoms with Crippen molar-refractivity contribution in [3.63, 3.8) is 0 Å². The normalized spacial score (nSPS) is 10.8. The quantitative estimate of drug-likeness (QED) is 0.721. The van der Waals surface area contributed by atoms with Crippen LogP contribution in [0.25, 0.3) is 11.5 Å². The van der Waals surface area contributed by atoms with Crippen LogP contribution in [-0.2, 0) is 4.79 Å². The molecule has 0 unspecified atom stereocenters. The Morgan fingerprint density at radius 1 is 1.19 bits per heavy atom. The zero-order valence-corrected chi connectivity index (χ0v) is 15.0. The van der Waals surface area contributed by atoms with Crippen LogP contribution in [0.15, 0.2) is 53.1 Å². The van der Waals surface area contributed by atoms with Gasteiger partial charge in [-0.2, -0.15) is 4.98 Å². The van der Waals surface area contributed by atoms with E-state index in [0.29, 0.717) is 17.6 Å². The van der Waals surface area contributed by atoms with E-state index in [1.807, 2.05) is 55.5 Å². The lowest BCUT2D eigenvalue weighted by Crippen LogP contribution is -2.21. The Bertz CT molecular complexity index is 888. The van der Waals surface area contributed by atoms with Crippen molar-refractivity contribution in [2.45, 2.75) is 26.7 Å². The summed E-state index contributed by atoms with van der Waals surface area (Å²) in [6.07, 6.45) is 0. The Labute approximate surface area is 152 Å². The number of carbonyl (C=O) groups is 1. The lowest BCUT2D eigenvalue weighted by Gasteiger charge is -2.14. The number of ether oxygens (including phenoxy) is 1. The summed E-state index contributed by atoms with van der Waals surface area (Å²) in [4.78, 5) is 16.3. The second-order valence-electron chi connectivity index (χ2n) is 6.32. The molecule has 26 heavy (non-hydrogen) atoms. The van der Waals surface area contributed by atoms with Crippen molar-refractivity contribution in [2.75, 3.05) is 11.9 Å². The van der Waals surface area contributed by atoms with Gasteiger partial charge >= 0.3 is 0 Å². The zero-order valence-electron chi connectivity index (χ0n) is 15.0. The average molecular weight is 351 g/mol. The molecular formula is C20H21N3O3. The van der Waals surface area contributed by atoms with Crippen molar-refractivity contribution in [3.8, 4) is 17.2 Å². The molecule has 0 atom stereocenters. The number of nitrogens with zero attached hydrogens (tertiary/aromatic N) is 2. The number of aryl methyl sites for hydroxylation is 1. The average Bonchev–Trinajstić information content (AvgIpc) is 3.09. The Hall–Kier alpha value is -3.15. The zero-order chi connectivity index (χ0) is 18.5. The molecule has 1 N–H and O–H groups in total. The topological polar surface area (TPSA) is 77.2 Å². The molecule has 0 aliphatic heterocycles. The largest absolute Gasteiger partial charge is 0.483 e. The summed E-state index contributed by atoms with van der Waals surface area (Å²) < 4.78 is 10.9. The van der Waals surface area contributed by atoms with E-state index in [1.54, 1.807) is 0 Å². The van der Waals surface area contributed by atoms with E-state index in [2.05, 4.69) is 29.3 Å². The van der Waals surface area contributed by atoms with E-state index in [1.165, 1.54) is 0 Å². The van der Waals surface area contributed by atoms with E-state index in [0.717, 1.165) is 16.7 Å². The first-order valence-corrected chi connectivity index (χ1v) is 8.45. The Morgan fingerprint density at radius 2 is 1.96 bits per heavy atom. The van der Waals surface area contributed by atoms with Gasteiger partial charge in [-0.05, 0) is 47.3 Å². The number of nitrogens with one attached hydrogen (secondary N) is 1. The first-order chi connectivity index (χ1) is 12.5. The number of rotatable bonds is 6. The number of hydrogen-bond donors (Lipinski definition) is 1. The summed E-state index contributed by atoms with van der Waals surface area (Å²) in [5.74, 6) is 1.14. The number of amides is 1. The van der Waals surface area contributed by atoms with Crippen LogP contribution < -0.4 is 10.1 Å². The van der Waals surface area contributed by atoms with Crippen LogP contribution in [0.3, 0.4) is 0 Å². The highest BCUT2D eigenvalue weighted by atomic mass is 16.5. The molecule has 1 heterocycles. The van der Waals surface area contributed by atoms with E-state index in [9.17, 15) is 4.79 Å². The van der Waals surface area contributed by atoms with Crippen LogP contribution in [0.5, 0.6) is 5.75 Å². The molecule has 0 fully saturated rings. The van der Waals surface area contributed by atoms with Gasteiger partial charge in [-0.1, -0.05) is 44.2 Å². The molecule has 3 aromatic rings. The number of benzene rings is 2. The van der Waals surface area contributed by atoms with Gasteiger partial charge in [-0.3, -0.25) is 10.1 Å². The standard InChI is InChI=1S/C20H21N3O3/c1-13(2)16-10-9-14(3)11-17(16)25-12-18(24)21-20-22-19(26-23-20)15-7-5-4-6-8-15/h4-11,13H,12H2,1-3H3,(H,21,23,24). The predicted octanol–water partition coefficient (Wildman–Crippen LogP) is 4.19. The molecule has 3 rings (SSSR count). The minimum absolute atomic E-state index is 0.116. The number of carbonyl (C=O) groups excluding carboxylic acids is 1. The number of aromatic nitrogens is 2. The lowest BCUT2D eigenvalue weighted by atomic mass is 10.0. The predicted molar refractivity (Wildman–Crippen MR) is 99.1 cm³/mol. The molecule has 0 saturated heterocycles. The summed E-state index contributed by atoms with van der Waals surface area (Å²) in [6, 6.07) is 15.4. The number of hydrogen-bond acceptors (Lipinski definition) is 5. The van der Waals surface area contributed by atoms with Crippen molar-refractivity contribution < 1.29 is 14.1 Å². The molecule has 2 aromatic carbocycles. The van der Waals surface area contributed by atoms with Gasteiger partial charge in [0.25, 0.3) is 17.7 Å². The van der Waals surface area contributed by atoms with Gasteiger partial charge in [0.1, 0.15) is 5.75 Å². The summed E-state index contributed by atoms with van der Waals surface area (Å²) >= 11 is 0. The minimum atomic E-state index is -0.346. The van der Waals surface area contributed by atoms with Crippen molar-refractivity contribution in [3.05, 3.63) is 59.7 Å². The second-order valence-corrected chi connectivity index (χ2v) is 6.32. The Balaban J connectivity index is 1.62. The van der Waals surface area contributed by atoms with Crippen LogP contribution in [-0.4, -0.2) is 22.7 Å². The third kappa shape index (κ3) is 4.27. The van der Waals surface area contributed by atoms with Crippen LogP contribution >= 0.6 is 0 Å². The molecule has 134 valence electrons. The van der Waals surface area contributed by atoms with Crippen molar-refractivity contribution >= 4 is 11.9 Å². The third-order valence-electron chi connectivity index (χ3n) is 3.85. The SMILES string of the molecule is Cc1ccc(C(C)C)c(OCC(=O)Nc2noc(-c3ccccc3)n2)c1. The van der Waals surface area contributed by atoms with Crippen molar-refractivity contribution in [1.29, 1.82) is 0 Å². The summed E-state index contributed by atoms with van der Waals surface area (Å²) in [5, 5.41) is 6.36. The molecule has 6 nitrogen and oxygen atoms in total. The fourth-order valence-electron chi connectivity index (χ4n) is 2.52. The fraction of sp³-hybridized carbons (Fsp3) is 0.250. The third-order valence-corrected chi connectivity index (χ3v) is 3.85. The van der Waals surface area contributed by atoms with Crippen LogP contribution in [0.4, 0.5) is 5.95 Å². The van der Waals surface area contributed by atoms with Crippen LogP contribution in [0, 0.1) is 6.92 Å². The van der Waals surface area contributed by atoms with Gasteiger partial charge in [0.05, 0.1) is 0 Å². The summed E-state index contributed by atoms with van der Waals surface area (Å²) in [6.45, 7) is 6.03. The maximum atomic E-state index is 12.1. The molecule has 6 heteroatoms. The summed E-state index contributed by atoms with van der Waals surface area (Å²) in [7, 11) is 0. The monoisotopic (exact) mass is 351 g/mol. The molecule has 0 aliphatic carbocycles.